The molecule has 1 aromatic rings. The molecule has 1 aromatic carbocycles. The van der Waals surface area contributed by atoms with E-state index < -0.39 is 0 Å². The Morgan fingerprint density at radius 1 is 1.42 bits per heavy atom. The lowest BCUT2D eigenvalue weighted by atomic mass is 9.57. The number of fused-ring (bicyclic) bond motifs is 1. The minimum atomic E-state index is 0.196. The van der Waals surface area contributed by atoms with Gasteiger partial charge in [-0.15, -0.1) is 0 Å². The first-order valence-electron chi connectivity index (χ1n) is 6.75. The monoisotopic (exact) mass is 325 g/mol. The van der Waals surface area contributed by atoms with Crippen molar-refractivity contribution < 1.29 is 9.47 Å². The van der Waals surface area contributed by atoms with E-state index in [9.17, 15) is 0 Å². The van der Waals surface area contributed by atoms with Crippen molar-refractivity contribution in [2.45, 2.75) is 32.4 Å². The summed E-state index contributed by atoms with van der Waals surface area (Å²) in [5.74, 6) is 1.51. The number of ether oxygens (including phenoxy) is 2. The zero-order valence-corrected chi connectivity index (χ0v) is 13.2. The third-order valence-corrected chi connectivity index (χ3v) is 5.23. The highest BCUT2D eigenvalue weighted by Crippen LogP contribution is 2.53. The molecule has 1 N–H and O–H groups in total. The molecule has 19 heavy (non-hydrogen) atoms. The lowest BCUT2D eigenvalue weighted by Crippen LogP contribution is -2.63. The van der Waals surface area contributed by atoms with Gasteiger partial charge in [0.2, 0.25) is 0 Å². The number of anilines is 1. The Morgan fingerprint density at radius 2 is 2.21 bits per heavy atom. The molecule has 3 nitrogen and oxygen atoms in total. The third-order valence-electron chi connectivity index (χ3n) is 4.57. The second kappa shape index (κ2) is 4.67. The standard InChI is InChI=1S/C15H20BrNO2/c1-15(2)13(10-6-7-19-14(10)15)17-9-4-5-11(16)12(8-9)18-3/h4-5,8,10,13-14,17H,6-7H2,1-3H3. The lowest BCUT2D eigenvalue weighted by Gasteiger charge is -2.55. The van der Waals surface area contributed by atoms with Crippen LogP contribution in [0.4, 0.5) is 5.69 Å². The summed E-state index contributed by atoms with van der Waals surface area (Å²) in [6.07, 6.45) is 1.58. The number of methoxy groups -OCH3 is 1. The van der Waals surface area contributed by atoms with E-state index in [2.05, 4.69) is 41.2 Å². The molecule has 1 aliphatic carbocycles. The van der Waals surface area contributed by atoms with Gasteiger partial charge < -0.3 is 14.8 Å². The molecule has 3 unspecified atom stereocenters. The van der Waals surface area contributed by atoms with Gasteiger partial charge in [0.1, 0.15) is 5.75 Å². The van der Waals surface area contributed by atoms with Crippen LogP contribution in [0.2, 0.25) is 0 Å². The van der Waals surface area contributed by atoms with Crippen molar-refractivity contribution in [2.75, 3.05) is 19.0 Å². The van der Waals surface area contributed by atoms with E-state index in [4.69, 9.17) is 9.47 Å². The van der Waals surface area contributed by atoms with Crippen LogP contribution >= 0.6 is 15.9 Å². The maximum Gasteiger partial charge on any atom is 0.135 e. The lowest BCUT2D eigenvalue weighted by molar-refractivity contribution is -0.0923. The number of hydrogen-bond acceptors (Lipinski definition) is 3. The van der Waals surface area contributed by atoms with Gasteiger partial charge >= 0.3 is 0 Å². The third kappa shape index (κ3) is 2.05. The summed E-state index contributed by atoms with van der Waals surface area (Å²) in [6, 6.07) is 6.63. The van der Waals surface area contributed by atoms with Gasteiger partial charge in [-0.2, -0.15) is 0 Å². The van der Waals surface area contributed by atoms with E-state index in [1.165, 1.54) is 6.42 Å². The van der Waals surface area contributed by atoms with Crippen molar-refractivity contribution in [1.29, 1.82) is 0 Å². The Kier molecular flexibility index (Phi) is 3.26. The molecule has 4 heteroatoms. The van der Waals surface area contributed by atoms with Crippen molar-refractivity contribution in [2.24, 2.45) is 11.3 Å². The largest absolute Gasteiger partial charge is 0.495 e. The number of rotatable bonds is 3. The maximum atomic E-state index is 5.83. The van der Waals surface area contributed by atoms with Gasteiger partial charge in [0, 0.05) is 35.7 Å². The molecule has 1 aliphatic heterocycles. The molecule has 1 heterocycles. The molecule has 0 spiro atoms. The topological polar surface area (TPSA) is 30.5 Å². The Balaban J connectivity index is 1.78. The average molecular weight is 326 g/mol. The molecule has 0 bridgehead atoms. The van der Waals surface area contributed by atoms with Gasteiger partial charge in [0.05, 0.1) is 17.7 Å². The molecule has 1 saturated carbocycles. The van der Waals surface area contributed by atoms with Gasteiger partial charge in [-0.3, -0.25) is 0 Å². The quantitative estimate of drug-likeness (QED) is 0.919. The Hall–Kier alpha value is -0.740. The SMILES string of the molecule is COc1cc(NC2C3CCOC3C2(C)C)ccc1Br. The summed E-state index contributed by atoms with van der Waals surface area (Å²) < 4.78 is 12.2. The highest BCUT2D eigenvalue weighted by atomic mass is 79.9. The van der Waals surface area contributed by atoms with Crippen LogP contribution in [0.3, 0.4) is 0 Å². The smallest absolute Gasteiger partial charge is 0.135 e. The van der Waals surface area contributed by atoms with Crippen molar-refractivity contribution >= 4 is 21.6 Å². The Labute approximate surface area is 122 Å². The predicted octanol–water partition coefficient (Wildman–Crippen LogP) is 3.68. The fourth-order valence-corrected chi connectivity index (χ4v) is 3.95. The van der Waals surface area contributed by atoms with E-state index >= 15 is 0 Å². The van der Waals surface area contributed by atoms with Crippen LogP contribution in [-0.4, -0.2) is 25.9 Å². The predicted molar refractivity (Wildman–Crippen MR) is 79.7 cm³/mol. The fourth-order valence-electron chi connectivity index (χ4n) is 3.55. The molecular weight excluding hydrogens is 306 g/mol. The molecule has 2 fully saturated rings. The molecule has 2 aliphatic rings. The van der Waals surface area contributed by atoms with Crippen LogP contribution in [0, 0.1) is 11.3 Å². The number of halogens is 1. The van der Waals surface area contributed by atoms with Crippen LogP contribution in [-0.2, 0) is 4.74 Å². The second-order valence-corrected chi connectivity index (χ2v) is 6.89. The number of nitrogens with one attached hydrogen (secondary N) is 1. The van der Waals surface area contributed by atoms with Crippen molar-refractivity contribution in [3.05, 3.63) is 22.7 Å². The fraction of sp³-hybridized carbons (Fsp3) is 0.600. The highest BCUT2D eigenvalue weighted by molar-refractivity contribution is 9.10. The normalized spacial score (nSPS) is 31.5. The summed E-state index contributed by atoms with van der Waals surface area (Å²) in [6.45, 7) is 5.47. The van der Waals surface area contributed by atoms with Crippen LogP contribution in [0.15, 0.2) is 22.7 Å². The summed E-state index contributed by atoms with van der Waals surface area (Å²) in [5, 5.41) is 3.66. The van der Waals surface area contributed by atoms with E-state index in [-0.39, 0.29) is 5.41 Å². The average Bonchev–Trinajstić information content (AvgIpc) is 2.84. The number of benzene rings is 1. The Bertz CT molecular complexity index is 489. The van der Waals surface area contributed by atoms with Gasteiger partial charge in [0.15, 0.2) is 0 Å². The van der Waals surface area contributed by atoms with Gasteiger partial charge in [-0.1, -0.05) is 13.8 Å². The zero-order chi connectivity index (χ0) is 13.6. The van der Waals surface area contributed by atoms with Gasteiger partial charge in [0.25, 0.3) is 0 Å². The molecular formula is C15H20BrNO2. The molecule has 3 rings (SSSR count). The number of hydrogen-bond donors (Lipinski definition) is 1. The minimum Gasteiger partial charge on any atom is -0.495 e. The van der Waals surface area contributed by atoms with E-state index in [1.807, 2.05) is 12.1 Å². The highest BCUT2D eigenvalue weighted by Gasteiger charge is 2.59. The van der Waals surface area contributed by atoms with Crippen LogP contribution < -0.4 is 10.1 Å². The first-order chi connectivity index (χ1) is 9.04. The van der Waals surface area contributed by atoms with Gasteiger partial charge in [-0.25, -0.2) is 0 Å². The minimum absolute atomic E-state index is 0.196. The molecule has 0 amide bonds. The molecule has 1 saturated heterocycles. The summed E-state index contributed by atoms with van der Waals surface area (Å²) in [7, 11) is 1.69. The maximum absolute atomic E-state index is 5.83. The molecule has 3 atom stereocenters. The van der Waals surface area contributed by atoms with E-state index in [0.29, 0.717) is 18.1 Å². The first kappa shape index (κ1) is 13.3. The first-order valence-corrected chi connectivity index (χ1v) is 7.55. The van der Waals surface area contributed by atoms with Crippen LogP contribution in [0.25, 0.3) is 0 Å². The van der Waals surface area contributed by atoms with Gasteiger partial charge in [-0.05, 0) is 34.5 Å². The molecule has 0 aromatic heterocycles. The molecule has 0 radical (unpaired) electrons. The molecule has 104 valence electrons. The summed E-state index contributed by atoms with van der Waals surface area (Å²) in [5.41, 5.74) is 1.31. The zero-order valence-electron chi connectivity index (χ0n) is 11.6. The van der Waals surface area contributed by atoms with Crippen molar-refractivity contribution in [3.8, 4) is 5.75 Å². The van der Waals surface area contributed by atoms with E-state index in [0.717, 1.165) is 22.5 Å². The van der Waals surface area contributed by atoms with E-state index in [1.54, 1.807) is 7.11 Å². The van der Waals surface area contributed by atoms with Crippen molar-refractivity contribution in [1.82, 2.24) is 0 Å². The Morgan fingerprint density at radius 3 is 2.95 bits per heavy atom. The van der Waals surface area contributed by atoms with Crippen molar-refractivity contribution in [3.63, 3.8) is 0 Å². The second-order valence-electron chi connectivity index (χ2n) is 6.04. The summed E-state index contributed by atoms with van der Waals surface area (Å²) >= 11 is 3.48. The van der Waals surface area contributed by atoms with Crippen LogP contribution in [0.1, 0.15) is 20.3 Å². The summed E-state index contributed by atoms with van der Waals surface area (Å²) in [4.78, 5) is 0. The van der Waals surface area contributed by atoms with Crippen LogP contribution in [0.5, 0.6) is 5.75 Å².